The Labute approximate surface area is 185 Å². The average Bonchev–Trinajstić information content (AvgIpc) is 3.21. The summed E-state index contributed by atoms with van der Waals surface area (Å²) in [6.45, 7) is 1.16. The monoisotopic (exact) mass is 444 g/mol. The number of ether oxygens (including phenoxy) is 4. The fourth-order valence-corrected chi connectivity index (χ4v) is 3.84. The minimum absolute atomic E-state index is 0.375. The van der Waals surface area contributed by atoms with Gasteiger partial charge in [-0.3, -0.25) is 5.10 Å². The summed E-state index contributed by atoms with van der Waals surface area (Å²) in [6, 6.07) is 11.7. The third-order valence-corrected chi connectivity index (χ3v) is 5.54. The quantitative estimate of drug-likeness (QED) is 0.411. The van der Waals surface area contributed by atoms with Gasteiger partial charge in [0.05, 0.1) is 31.2 Å². The van der Waals surface area contributed by atoms with E-state index in [9.17, 15) is 15.3 Å². The van der Waals surface area contributed by atoms with Gasteiger partial charge < -0.3 is 34.3 Å². The second kappa shape index (κ2) is 9.85. The van der Waals surface area contributed by atoms with Crippen molar-refractivity contribution in [3.63, 3.8) is 0 Å². The summed E-state index contributed by atoms with van der Waals surface area (Å²) < 4.78 is 22.2. The van der Waals surface area contributed by atoms with Crippen LogP contribution in [0.3, 0.4) is 0 Å². The number of aliphatic hydroxyl groups is 3. The number of nitrogens with zero attached hydrogens (tertiary/aromatic N) is 1. The molecule has 0 amide bonds. The number of aromatic amines is 1. The van der Waals surface area contributed by atoms with E-state index in [0.29, 0.717) is 12.2 Å². The van der Waals surface area contributed by atoms with Crippen molar-refractivity contribution in [3.8, 4) is 11.5 Å². The highest BCUT2D eigenvalue weighted by molar-refractivity contribution is 5.88. The highest BCUT2D eigenvalue weighted by Gasteiger charge is 2.39. The summed E-state index contributed by atoms with van der Waals surface area (Å²) >= 11 is 0. The minimum atomic E-state index is -1.42. The number of nitrogens with one attached hydrogen (secondary N) is 1. The van der Waals surface area contributed by atoms with E-state index in [1.54, 1.807) is 7.11 Å². The first-order valence-corrected chi connectivity index (χ1v) is 10.5. The van der Waals surface area contributed by atoms with Crippen LogP contribution >= 0.6 is 0 Å². The molecule has 2 heterocycles. The summed E-state index contributed by atoms with van der Waals surface area (Å²) in [5.41, 5.74) is 3.72. The maximum Gasteiger partial charge on any atom is 0.251 e. The number of aliphatic hydroxyl groups excluding tert-OH is 3. The summed E-state index contributed by atoms with van der Waals surface area (Å²) in [5, 5.41) is 37.5. The largest absolute Gasteiger partial charge is 0.497 e. The standard InChI is InChI=1S/C23H28N2O7/c1-13-9-17-21(16(24-25-17)8-5-14-3-6-15(29-2)7-4-14)18(10-13)31-23-22(28)30-19(11-26)20(12-27)32-23/h3-4,6-7,9-10,19-20,22-23,26-28H,5,8,11-12H2,1-2H3,(H,24,25). The Bertz CT molecular complexity index is 1040. The summed E-state index contributed by atoms with van der Waals surface area (Å²) in [5.74, 6) is 1.30. The van der Waals surface area contributed by atoms with Crippen LogP contribution in [0.2, 0.25) is 0 Å². The van der Waals surface area contributed by atoms with Crippen LogP contribution in [0.5, 0.6) is 11.5 Å². The second-order valence-electron chi connectivity index (χ2n) is 7.80. The van der Waals surface area contributed by atoms with E-state index in [0.717, 1.165) is 39.9 Å². The van der Waals surface area contributed by atoms with Crippen molar-refractivity contribution in [2.45, 2.75) is 44.6 Å². The Morgan fingerprint density at radius 1 is 1.03 bits per heavy atom. The van der Waals surface area contributed by atoms with Crippen molar-refractivity contribution in [3.05, 3.63) is 53.2 Å². The van der Waals surface area contributed by atoms with Gasteiger partial charge in [-0.2, -0.15) is 5.10 Å². The van der Waals surface area contributed by atoms with Crippen molar-refractivity contribution in [2.24, 2.45) is 0 Å². The number of hydrogen-bond acceptors (Lipinski definition) is 8. The van der Waals surface area contributed by atoms with Crippen LogP contribution in [0.4, 0.5) is 0 Å². The number of rotatable bonds is 8. The maximum atomic E-state index is 10.3. The predicted molar refractivity (Wildman–Crippen MR) is 116 cm³/mol. The molecule has 1 aliphatic heterocycles. The van der Waals surface area contributed by atoms with Gasteiger partial charge in [-0.15, -0.1) is 0 Å². The number of fused-ring (bicyclic) bond motifs is 1. The third-order valence-electron chi connectivity index (χ3n) is 5.54. The van der Waals surface area contributed by atoms with Gasteiger partial charge in [-0.25, -0.2) is 0 Å². The number of H-pyrrole nitrogens is 1. The number of aromatic nitrogens is 2. The molecule has 0 bridgehead atoms. The Hall–Kier alpha value is -2.69. The van der Waals surface area contributed by atoms with Crippen LogP contribution < -0.4 is 9.47 Å². The van der Waals surface area contributed by atoms with Crippen molar-refractivity contribution in [2.75, 3.05) is 20.3 Å². The SMILES string of the molecule is COc1ccc(CCc2[nH]nc3cc(C)cc(OC4OC(CO)C(CO)OC4O)c23)cc1. The Morgan fingerprint density at radius 3 is 2.44 bits per heavy atom. The third kappa shape index (κ3) is 4.72. The van der Waals surface area contributed by atoms with E-state index in [4.69, 9.17) is 18.9 Å². The van der Waals surface area contributed by atoms with Crippen molar-refractivity contribution >= 4 is 10.9 Å². The van der Waals surface area contributed by atoms with E-state index in [-0.39, 0.29) is 13.2 Å². The van der Waals surface area contributed by atoms with Gasteiger partial charge in [0.1, 0.15) is 23.7 Å². The van der Waals surface area contributed by atoms with Gasteiger partial charge in [0, 0.05) is 5.69 Å². The van der Waals surface area contributed by atoms with E-state index in [1.165, 1.54) is 0 Å². The van der Waals surface area contributed by atoms with Crippen LogP contribution in [0.25, 0.3) is 10.9 Å². The number of hydrogen-bond donors (Lipinski definition) is 4. The Morgan fingerprint density at radius 2 is 1.75 bits per heavy atom. The zero-order valence-electron chi connectivity index (χ0n) is 18.0. The molecule has 3 aromatic rings. The molecule has 2 aromatic carbocycles. The first-order valence-electron chi connectivity index (χ1n) is 10.5. The zero-order valence-corrected chi connectivity index (χ0v) is 18.0. The molecule has 0 aliphatic carbocycles. The molecule has 1 aromatic heterocycles. The smallest absolute Gasteiger partial charge is 0.251 e. The van der Waals surface area contributed by atoms with Crippen LogP contribution in [0.15, 0.2) is 36.4 Å². The zero-order chi connectivity index (χ0) is 22.7. The lowest BCUT2D eigenvalue weighted by Crippen LogP contribution is -2.54. The topological polar surface area (TPSA) is 126 Å². The van der Waals surface area contributed by atoms with Crippen LogP contribution in [0, 0.1) is 6.92 Å². The summed E-state index contributed by atoms with van der Waals surface area (Å²) in [6.07, 6.45) is -2.75. The van der Waals surface area contributed by atoms with Gasteiger partial charge in [-0.05, 0) is 55.2 Å². The molecule has 4 unspecified atom stereocenters. The second-order valence-corrected chi connectivity index (χ2v) is 7.80. The van der Waals surface area contributed by atoms with Crippen LogP contribution in [-0.2, 0) is 22.3 Å². The fraction of sp³-hybridized carbons (Fsp3) is 0.435. The first-order chi connectivity index (χ1) is 15.5. The van der Waals surface area contributed by atoms with Gasteiger partial charge in [0.2, 0.25) is 6.29 Å². The lowest BCUT2D eigenvalue weighted by molar-refractivity contribution is -0.337. The molecular weight excluding hydrogens is 416 g/mol. The van der Waals surface area contributed by atoms with E-state index >= 15 is 0 Å². The molecule has 4 N–H and O–H groups in total. The molecule has 9 heteroatoms. The molecule has 4 rings (SSSR count). The molecule has 9 nitrogen and oxygen atoms in total. The van der Waals surface area contributed by atoms with Gasteiger partial charge in [0.15, 0.2) is 0 Å². The van der Waals surface area contributed by atoms with E-state index < -0.39 is 24.8 Å². The van der Waals surface area contributed by atoms with Crippen molar-refractivity contribution in [1.82, 2.24) is 10.2 Å². The normalized spacial score (nSPS) is 23.4. The van der Waals surface area contributed by atoms with Gasteiger partial charge in [0.25, 0.3) is 6.29 Å². The molecule has 0 spiro atoms. The van der Waals surface area contributed by atoms with E-state index in [1.807, 2.05) is 43.3 Å². The van der Waals surface area contributed by atoms with Gasteiger partial charge in [-0.1, -0.05) is 12.1 Å². The lowest BCUT2D eigenvalue weighted by atomic mass is 10.0. The van der Waals surface area contributed by atoms with Crippen LogP contribution in [0.1, 0.15) is 16.8 Å². The molecule has 1 aliphatic rings. The van der Waals surface area contributed by atoms with Crippen LogP contribution in [-0.4, -0.2) is 70.6 Å². The van der Waals surface area contributed by atoms with Crippen molar-refractivity contribution in [1.29, 1.82) is 0 Å². The van der Waals surface area contributed by atoms with Gasteiger partial charge >= 0.3 is 0 Å². The lowest BCUT2D eigenvalue weighted by Gasteiger charge is -2.37. The minimum Gasteiger partial charge on any atom is -0.497 e. The molecule has 0 radical (unpaired) electrons. The maximum absolute atomic E-state index is 10.3. The molecule has 0 saturated carbocycles. The Balaban J connectivity index is 1.56. The molecule has 32 heavy (non-hydrogen) atoms. The Kier molecular flexibility index (Phi) is 6.92. The van der Waals surface area contributed by atoms with E-state index in [2.05, 4.69) is 10.2 Å². The number of methoxy groups -OCH3 is 1. The predicted octanol–water partition coefficient (Wildman–Crippen LogP) is 1.46. The highest BCUT2D eigenvalue weighted by atomic mass is 16.8. The average molecular weight is 444 g/mol. The number of aryl methyl sites for hydroxylation is 3. The molecule has 1 fully saturated rings. The fourth-order valence-electron chi connectivity index (χ4n) is 3.84. The van der Waals surface area contributed by atoms with Crippen molar-refractivity contribution < 1.29 is 34.3 Å². The summed E-state index contributed by atoms with van der Waals surface area (Å²) in [4.78, 5) is 0. The molecule has 4 atom stereocenters. The summed E-state index contributed by atoms with van der Waals surface area (Å²) in [7, 11) is 1.64. The molecule has 1 saturated heterocycles. The highest BCUT2D eigenvalue weighted by Crippen LogP contribution is 2.32. The molecular formula is C23H28N2O7. The first kappa shape index (κ1) is 22.5. The number of benzene rings is 2. The molecule has 172 valence electrons.